The normalized spacial score (nSPS) is 14.2. The molecule has 1 aromatic heterocycles. The standard InChI is InChI=1S/C18H22N4O2S/c1-2-24-18(23)15-5-3-14(4-6-15)12-19-16-11-17(21-13-20-16)22-7-9-25-10-8-22/h3-6,11,13H,2,7-10,12H2,1H3,(H,19,20,21). The minimum atomic E-state index is -0.290. The van der Waals surface area contributed by atoms with Crippen LogP contribution in [0.4, 0.5) is 11.6 Å². The van der Waals surface area contributed by atoms with Gasteiger partial charge in [-0.3, -0.25) is 0 Å². The van der Waals surface area contributed by atoms with Gasteiger partial charge < -0.3 is 15.0 Å². The Labute approximate surface area is 152 Å². The molecule has 0 atom stereocenters. The van der Waals surface area contributed by atoms with E-state index in [9.17, 15) is 4.79 Å². The fraction of sp³-hybridized carbons (Fsp3) is 0.389. The van der Waals surface area contributed by atoms with Gasteiger partial charge in [-0.15, -0.1) is 0 Å². The predicted molar refractivity (Wildman–Crippen MR) is 101 cm³/mol. The monoisotopic (exact) mass is 358 g/mol. The van der Waals surface area contributed by atoms with Gasteiger partial charge in [-0.25, -0.2) is 14.8 Å². The van der Waals surface area contributed by atoms with E-state index in [0.29, 0.717) is 18.7 Å². The van der Waals surface area contributed by atoms with Crippen molar-refractivity contribution < 1.29 is 9.53 Å². The fourth-order valence-electron chi connectivity index (χ4n) is 2.57. The van der Waals surface area contributed by atoms with Crippen LogP contribution in [0.1, 0.15) is 22.8 Å². The number of anilines is 2. The van der Waals surface area contributed by atoms with E-state index in [0.717, 1.165) is 41.8 Å². The molecule has 0 unspecified atom stereocenters. The summed E-state index contributed by atoms with van der Waals surface area (Å²) in [5.74, 6) is 3.76. The molecule has 7 heteroatoms. The van der Waals surface area contributed by atoms with Crippen LogP contribution in [-0.2, 0) is 11.3 Å². The molecule has 132 valence electrons. The van der Waals surface area contributed by atoms with Crippen LogP contribution in [-0.4, -0.2) is 47.1 Å². The maximum absolute atomic E-state index is 11.7. The molecule has 2 aromatic rings. The van der Waals surface area contributed by atoms with Crippen LogP contribution in [0, 0.1) is 0 Å². The molecule has 3 rings (SSSR count). The smallest absolute Gasteiger partial charge is 0.338 e. The number of benzene rings is 1. The predicted octanol–water partition coefficient (Wildman–Crippen LogP) is 2.82. The Bertz CT molecular complexity index is 702. The zero-order chi connectivity index (χ0) is 17.5. The van der Waals surface area contributed by atoms with Gasteiger partial charge in [0, 0.05) is 37.2 Å². The Kier molecular flexibility index (Phi) is 6.11. The number of esters is 1. The maximum atomic E-state index is 11.7. The van der Waals surface area contributed by atoms with Crippen molar-refractivity contribution in [3.63, 3.8) is 0 Å². The number of nitrogens with zero attached hydrogens (tertiary/aromatic N) is 3. The van der Waals surface area contributed by atoms with E-state index in [4.69, 9.17) is 4.74 Å². The summed E-state index contributed by atoms with van der Waals surface area (Å²) in [5, 5.41) is 3.32. The van der Waals surface area contributed by atoms with Crippen molar-refractivity contribution in [2.45, 2.75) is 13.5 Å². The number of aromatic nitrogens is 2. The molecule has 1 aliphatic rings. The number of nitrogens with one attached hydrogen (secondary N) is 1. The molecule has 0 bridgehead atoms. The van der Waals surface area contributed by atoms with Crippen LogP contribution in [0.2, 0.25) is 0 Å². The van der Waals surface area contributed by atoms with Crippen LogP contribution >= 0.6 is 11.8 Å². The van der Waals surface area contributed by atoms with Crippen LogP contribution < -0.4 is 10.2 Å². The summed E-state index contributed by atoms with van der Waals surface area (Å²) in [6, 6.07) is 9.40. The van der Waals surface area contributed by atoms with E-state index in [1.54, 1.807) is 25.4 Å². The number of hydrogen-bond acceptors (Lipinski definition) is 7. The third kappa shape index (κ3) is 4.85. The average molecular weight is 358 g/mol. The summed E-state index contributed by atoms with van der Waals surface area (Å²) in [5.41, 5.74) is 1.64. The highest BCUT2D eigenvalue weighted by atomic mass is 32.2. The first-order chi connectivity index (χ1) is 12.3. The largest absolute Gasteiger partial charge is 0.462 e. The molecular formula is C18H22N4O2S. The molecule has 1 aliphatic heterocycles. The van der Waals surface area contributed by atoms with Crippen molar-refractivity contribution in [1.82, 2.24) is 9.97 Å². The van der Waals surface area contributed by atoms with Crippen molar-refractivity contribution in [3.8, 4) is 0 Å². The lowest BCUT2D eigenvalue weighted by molar-refractivity contribution is 0.0526. The molecule has 0 amide bonds. The Balaban J connectivity index is 1.58. The first kappa shape index (κ1) is 17.5. The van der Waals surface area contributed by atoms with E-state index in [1.165, 1.54) is 0 Å². The Morgan fingerprint density at radius 2 is 2.00 bits per heavy atom. The van der Waals surface area contributed by atoms with Crippen molar-refractivity contribution in [3.05, 3.63) is 47.8 Å². The van der Waals surface area contributed by atoms with Crippen LogP contribution in [0.5, 0.6) is 0 Å². The minimum Gasteiger partial charge on any atom is -0.462 e. The molecule has 0 aliphatic carbocycles. The van der Waals surface area contributed by atoms with Crippen LogP contribution in [0.3, 0.4) is 0 Å². The molecule has 2 heterocycles. The highest BCUT2D eigenvalue weighted by molar-refractivity contribution is 7.99. The summed E-state index contributed by atoms with van der Waals surface area (Å²) in [6.07, 6.45) is 1.60. The third-order valence-corrected chi connectivity index (χ3v) is 4.87. The Morgan fingerprint density at radius 3 is 2.72 bits per heavy atom. The van der Waals surface area contributed by atoms with Gasteiger partial charge in [-0.1, -0.05) is 12.1 Å². The lowest BCUT2D eigenvalue weighted by Crippen LogP contribution is -2.33. The van der Waals surface area contributed by atoms with Gasteiger partial charge in [-0.05, 0) is 24.6 Å². The Morgan fingerprint density at radius 1 is 1.24 bits per heavy atom. The summed E-state index contributed by atoms with van der Waals surface area (Å²) < 4.78 is 4.99. The zero-order valence-electron chi connectivity index (χ0n) is 14.3. The summed E-state index contributed by atoms with van der Waals surface area (Å²) in [6.45, 7) is 4.87. The van der Waals surface area contributed by atoms with Crippen molar-refractivity contribution in [1.29, 1.82) is 0 Å². The van der Waals surface area contributed by atoms with Crippen molar-refractivity contribution in [2.24, 2.45) is 0 Å². The molecule has 1 saturated heterocycles. The molecule has 0 saturated carbocycles. The number of carbonyl (C=O) groups is 1. The first-order valence-corrected chi connectivity index (χ1v) is 9.56. The molecule has 1 fully saturated rings. The van der Waals surface area contributed by atoms with Gasteiger partial charge >= 0.3 is 5.97 Å². The topological polar surface area (TPSA) is 67.3 Å². The summed E-state index contributed by atoms with van der Waals surface area (Å²) in [4.78, 5) is 22.6. The molecular weight excluding hydrogens is 336 g/mol. The first-order valence-electron chi connectivity index (χ1n) is 8.41. The second-order valence-corrected chi connectivity index (χ2v) is 6.86. The maximum Gasteiger partial charge on any atom is 0.338 e. The second-order valence-electron chi connectivity index (χ2n) is 5.63. The van der Waals surface area contributed by atoms with Crippen LogP contribution in [0.25, 0.3) is 0 Å². The zero-order valence-corrected chi connectivity index (χ0v) is 15.1. The molecule has 1 N–H and O–H groups in total. The van der Waals surface area contributed by atoms with Gasteiger partial charge in [0.2, 0.25) is 0 Å². The van der Waals surface area contributed by atoms with Crippen molar-refractivity contribution >= 4 is 29.4 Å². The van der Waals surface area contributed by atoms with E-state index in [2.05, 4.69) is 20.2 Å². The fourth-order valence-corrected chi connectivity index (χ4v) is 3.48. The highest BCUT2D eigenvalue weighted by Crippen LogP contribution is 2.19. The van der Waals surface area contributed by atoms with E-state index >= 15 is 0 Å². The Hall–Kier alpha value is -2.28. The molecule has 0 radical (unpaired) electrons. The van der Waals surface area contributed by atoms with E-state index < -0.39 is 0 Å². The highest BCUT2D eigenvalue weighted by Gasteiger charge is 2.13. The lowest BCUT2D eigenvalue weighted by Gasteiger charge is -2.27. The molecule has 0 spiro atoms. The number of hydrogen-bond donors (Lipinski definition) is 1. The summed E-state index contributed by atoms with van der Waals surface area (Å²) in [7, 11) is 0. The number of carbonyl (C=O) groups excluding carboxylic acids is 1. The molecule has 1 aromatic carbocycles. The average Bonchev–Trinajstić information content (AvgIpc) is 2.68. The van der Waals surface area contributed by atoms with Gasteiger partial charge in [0.05, 0.1) is 12.2 Å². The van der Waals surface area contributed by atoms with Crippen molar-refractivity contribution in [2.75, 3.05) is 41.4 Å². The van der Waals surface area contributed by atoms with Gasteiger partial charge in [-0.2, -0.15) is 11.8 Å². The quantitative estimate of drug-likeness (QED) is 0.796. The van der Waals surface area contributed by atoms with E-state index in [1.807, 2.05) is 30.0 Å². The second kappa shape index (κ2) is 8.71. The summed E-state index contributed by atoms with van der Waals surface area (Å²) >= 11 is 1.98. The number of thioether (sulfide) groups is 1. The SMILES string of the molecule is CCOC(=O)c1ccc(CNc2cc(N3CCSCC3)ncn2)cc1. The van der Waals surface area contributed by atoms with Crippen LogP contribution in [0.15, 0.2) is 36.7 Å². The van der Waals surface area contributed by atoms with Gasteiger partial charge in [0.15, 0.2) is 0 Å². The third-order valence-electron chi connectivity index (χ3n) is 3.93. The van der Waals surface area contributed by atoms with E-state index in [-0.39, 0.29) is 5.97 Å². The van der Waals surface area contributed by atoms with Gasteiger partial charge in [0.25, 0.3) is 0 Å². The van der Waals surface area contributed by atoms with Gasteiger partial charge in [0.1, 0.15) is 18.0 Å². The minimum absolute atomic E-state index is 0.290. The molecule has 6 nitrogen and oxygen atoms in total. The lowest BCUT2D eigenvalue weighted by atomic mass is 10.1. The number of rotatable bonds is 6. The molecule has 25 heavy (non-hydrogen) atoms. The number of ether oxygens (including phenoxy) is 1.